The Bertz CT molecular complexity index is 168. The molecule has 122 valence electrons. The Morgan fingerprint density at radius 1 is 1.00 bits per heavy atom. The number of rotatable bonds is 7. The van der Waals surface area contributed by atoms with E-state index < -0.39 is 0 Å². The molecule has 0 aromatic carbocycles. The van der Waals surface area contributed by atoms with Gasteiger partial charge in [0.05, 0.1) is 6.61 Å². The van der Waals surface area contributed by atoms with Gasteiger partial charge in [-0.2, -0.15) is 0 Å². The highest BCUT2D eigenvalue weighted by atomic mass is 16.5. The second-order valence-corrected chi connectivity index (χ2v) is 5.29. The lowest BCUT2D eigenvalue weighted by atomic mass is 9.76. The summed E-state index contributed by atoms with van der Waals surface area (Å²) in [7, 11) is 0. The number of hydrogen-bond acceptors (Lipinski definition) is 2. The fourth-order valence-electron chi connectivity index (χ4n) is 3.03. The van der Waals surface area contributed by atoms with Gasteiger partial charge < -0.3 is 4.74 Å². The van der Waals surface area contributed by atoms with Crippen molar-refractivity contribution < 1.29 is 9.53 Å². The minimum Gasteiger partial charge on any atom is -0.468 e. The molecule has 0 aromatic rings. The molecular formula is C18H38O2. The van der Waals surface area contributed by atoms with E-state index in [4.69, 9.17) is 0 Å². The lowest BCUT2D eigenvalue weighted by Gasteiger charge is -2.30. The number of carbonyl (C=O) groups excluding carboxylic acids is 1. The van der Waals surface area contributed by atoms with Crippen LogP contribution in [0.3, 0.4) is 0 Å². The average molecular weight is 286 g/mol. The third-order valence-corrected chi connectivity index (χ3v) is 3.87. The van der Waals surface area contributed by atoms with Crippen molar-refractivity contribution in [1.29, 1.82) is 0 Å². The SMILES string of the molecule is CC.CCCC(CCC)C1CCCCC1.CCOC=O. The standard InChI is InChI=1S/C13H26.C3H6O2.C2H6/c1-3-8-12(9-4-2)13-10-6-5-7-11-13;1-2-5-3-4;1-2/h12-13H,3-11H2,1-2H3;3H,2H2,1H3;1-2H3. The van der Waals surface area contributed by atoms with Gasteiger partial charge in [0.15, 0.2) is 0 Å². The van der Waals surface area contributed by atoms with E-state index in [1.165, 1.54) is 57.8 Å². The summed E-state index contributed by atoms with van der Waals surface area (Å²) in [5.41, 5.74) is 0. The fourth-order valence-corrected chi connectivity index (χ4v) is 3.03. The van der Waals surface area contributed by atoms with E-state index in [-0.39, 0.29) is 0 Å². The van der Waals surface area contributed by atoms with Crippen LogP contribution < -0.4 is 0 Å². The van der Waals surface area contributed by atoms with Crippen molar-refractivity contribution >= 4 is 6.47 Å². The molecule has 0 unspecified atom stereocenters. The van der Waals surface area contributed by atoms with E-state index in [0.717, 1.165) is 11.8 Å². The van der Waals surface area contributed by atoms with Gasteiger partial charge in [0, 0.05) is 0 Å². The number of carbonyl (C=O) groups is 1. The van der Waals surface area contributed by atoms with Crippen LogP contribution in [0.5, 0.6) is 0 Å². The van der Waals surface area contributed by atoms with Gasteiger partial charge in [-0.25, -0.2) is 0 Å². The summed E-state index contributed by atoms with van der Waals surface area (Å²) in [6.45, 7) is 11.3. The molecule has 0 N–H and O–H groups in total. The molecule has 0 aromatic heterocycles. The predicted octanol–water partition coefficient (Wildman–Crippen LogP) is 5.99. The summed E-state index contributed by atoms with van der Waals surface area (Å²) in [4.78, 5) is 9.18. The highest BCUT2D eigenvalue weighted by Gasteiger charge is 2.21. The Kier molecular flexibility index (Phi) is 20.1. The van der Waals surface area contributed by atoms with Gasteiger partial charge >= 0.3 is 0 Å². The zero-order valence-electron chi connectivity index (χ0n) is 14.6. The van der Waals surface area contributed by atoms with Crippen molar-refractivity contribution in [3.63, 3.8) is 0 Å². The summed E-state index contributed by atoms with van der Waals surface area (Å²) in [5, 5.41) is 0. The maximum Gasteiger partial charge on any atom is 0.293 e. The minimum atomic E-state index is 0.431. The van der Waals surface area contributed by atoms with Crippen molar-refractivity contribution in [3.05, 3.63) is 0 Å². The second kappa shape index (κ2) is 18.5. The largest absolute Gasteiger partial charge is 0.468 e. The van der Waals surface area contributed by atoms with E-state index in [2.05, 4.69) is 18.6 Å². The fraction of sp³-hybridized carbons (Fsp3) is 0.944. The minimum absolute atomic E-state index is 0.431. The molecule has 2 nitrogen and oxygen atoms in total. The summed E-state index contributed by atoms with van der Waals surface area (Å²) in [6, 6.07) is 0. The molecule has 0 heterocycles. The van der Waals surface area contributed by atoms with Gasteiger partial charge in [-0.3, -0.25) is 4.79 Å². The van der Waals surface area contributed by atoms with Crippen LogP contribution in [0, 0.1) is 11.8 Å². The van der Waals surface area contributed by atoms with Crippen molar-refractivity contribution in [3.8, 4) is 0 Å². The van der Waals surface area contributed by atoms with Crippen LogP contribution in [0.2, 0.25) is 0 Å². The molecule has 2 heteroatoms. The van der Waals surface area contributed by atoms with Crippen LogP contribution in [-0.2, 0) is 9.53 Å². The monoisotopic (exact) mass is 286 g/mol. The van der Waals surface area contributed by atoms with Crippen LogP contribution >= 0.6 is 0 Å². The Labute approximate surface area is 127 Å². The highest BCUT2D eigenvalue weighted by Crippen LogP contribution is 2.34. The third-order valence-electron chi connectivity index (χ3n) is 3.87. The summed E-state index contributed by atoms with van der Waals surface area (Å²) in [5.74, 6) is 2.16. The van der Waals surface area contributed by atoms with Gasteiger partial charge in [0.1, 0.15) is 0 Å². The van der Waals surface area contributed by atoms with Gasteiger partial charge in [0.2, 0.25) is 0 Å². The Hall–Kier alpha value is -0.530. The lowest BCUT2D eigenvalue weighted by Crippen LogP contribution is -2.17. The number of hydrogen-bond donors (Lipinski definition) is 0. The number of ether oxygens (including phenoxy) is 1. The molecule has 0 bridgehead atoms. The molecule has 0 radical (unpaired) electrons. The van der Waals surface area contributed by atoms with Gasteiger partial charge in [-0.05, 0) is 18.8 Å². The predicted molar refractivity (Wildman–Crippen MR) is 88.9 cm³/mol. The molecule has 1 fully saturated rings. The zero-order chi connectivity index (χ0) is 15.6. The van der Waals surface area contributed by atoms with E-state index in [1.807, 2.05) is 13.8 Å². The first-order chi connectivity index (χ1) is 9.79. The molecule has 1 aliphatic rings. The molecule has 0 aliphatic heterocycles. The molecular weight excluding hydrogens is 248 g/mol. The van der Waals surface area contributed by atoms with Crippen molar-refractivity contribution in [2.45, 2.75) is 92.4 Å². The molecule has 1 aliphatic carbocycles. The molecule has 0 spiro atoms. The first kappa shape index (κ1) is 21.8. The molecule has 0 atom stereocenters. The van der Waals surface area contributed by atoms with Crippen molar-refractivity contribution in [2.75, 3.05) is 6.61 Å². The quantitative estimate of drug-likeness (QED) is 0.537. The van der Waals surface area contributed by atoms with Crippen LogP contribution in [0.25, 0.3) is 0 Å². The zero-order valence-corrected chi connectivity index (χ0v) is 14.6. The molecule has 20 heavy (non-hydrogen) atoms. The van der Waals surface area contributed by atoms with Gasteiger partial charge in [-0.1, -0.05) is 85.5 Å². The average Bonchev–Trinajstić information content (AvgIpc) is 2.51. The van der Waals surface area contributed by atoms with Crippen molar-refractivity contribution in [2.24, 2.45) is 11.8 Å². The van der Waals surface area contributed by atoms with Crippen LogP contribution in [0.15, 0.2) is 0 Å². The summed E-state index contributed by atoms with van der Waals surface area (Å²) in [6.07, 6.45) is 13.3. The molecule has 0 amide bonds. The highest BCUT2D eigenvalue weighted by molar-refractivity contribution is 5.36. The molecule has 1 saturated carbocycles. The summed E-state index contributed by atoms with van der Waals surface area (Å²) < 4.78 is 4.15. The Morgan fingerprint density at radius 3 is 1.80 bits per heavy atom. The van der Waals surface area contributed by atoms with Crippen molar-refractivity contribution in [1.82, 2.24) is 0 Å². The second-order valence-electron chi connectivity index (χ2n) is 5.29. The van der Waals surface area contributed by atoms with Crippen LogP contribution in [0.1, 0.15) is 92.4 Å². The first-order valence-corrected chi connectivity index (χ1v) is 8.85. The molecule has 0 saturated heterocycles. The van der Waals surface area contributed by atoms with E-state index in [1.54, 1.807) is 6.92 Å². The van der Waals surface area contributed by atoms with E-state index in [0.29, 0.717) is 13.1 Å². The van der Waals surface area contributed by atoms with E-state index in [9.17, 15) is 4.79 Å². The Morgan fingerprint density at radius 2 is 1.50 bits per heavy atom. The normalized spacial score (nSPS) is 14.7. The molecule has 1 rings (SSSR count). The van der Waals surface area contributed by atoms with Crippen LogP contribution in [-0.4, -0.2) is 13.1 Å². The third kappa shape index (κ3) is 12.5. The maximum atomic E-state index is 9.18. The maximum absolute atomic E-state index is 9.18. The van der Waals surface area contributed by atoms with Crippen LogP contribution in [0.4, 0.5) is 0 Å². The van der Waals surface area contributed by atoms with Gasteiger partial charge in [-0.15, -0.1) is 0 Å². The smallest absolute Gasteiger partial charge is 0.293 e. The van der Waals surface area contributed by atoms with E-state index >= 15 is 0 Å². The first-order valence-electron chi connectivity index (χ1n) is 8.85. The van der Waals surface area contributed by atoms with Gasteiger partial charge in [0.25, 0.3) is 6.47 Å². The Balaban J connectivity index is 0. The topological polar surface area (TPSA) is 26.3 Å². The summed E-state index contributed by atoms with van der Waals surface area (Å²) >= 11 is 0. The lowest BCUT2D eigenvalue weighted by molar-refractivity contribution is -0.128.